The van der Waals surface area contributed by atoms with E-state index in [2.05, 4.69) is 5.43 Å². The number of carbonyl (C=O) groups excluding carboxylic acids is 3. The lowest BCUT2D eigenvalue weighted by atomic mass is 9.96. The fraction of sp³-hybridized carbons (Fsp3) is 0.600. The molecule has 3 N–H and O–H groups in total. The lowest BCUT2D eigenvalue weighted by molar-refractivity contribution is -0.149. The number of carboxylic acids is 1. The average Bonchev–Trinajstić information content (AvgIpc) is 2.88. The number of piperidine rings is 1. The van der Waals surface area contributed by atoms with Crippen molar-refractivity contribution in [3.8, 4) is 0 Å². The summed E-state index contributed by atoms with van der Waals surface area (Å²) in [6.07, 6.45) is 1.62. The number of nitrogens with zero attached hydrogens (tertiary/aromatic N) is 4. The van der Waals surface area contributed by atoms with Gasteiger partial charge in [-0.2, -0.15) is 0 Å². The van der Waals surface area contributed by atoms with Gasteiger partial charge in [0.15, 0.2) is 0 Å². The van der Waals surface area contributed by atoms with Crippen LogP contribution in [0.2, 0.25) is 0 Å². The minimum atomic E-state index is -1.99. The van der Waals surface area contributed by atoms with Crippen LogP contribution in [0.4, 0.5) is 0 Å². The summed E-state index contributed by atoms with van der Waals surface area (Å²) in [4.78, 5) is 53.7. The molecule has 38 heavy (non-hydrogen) atoms. The lowest BCUT2D eigenvalue weighted by Crippen LogP contribution is -2.55. The van der Waals surface area contributed by atoms with Gasteiger partial charge in [0.05, 0.1) is 12.2 Å². The molecule has 13 heteroatoms. The predicted octanol–water partition coefficient (Wildman–Crippen LogP) is 0.845. The Labute approximate surface area is 226 Å². The quantitative estimate of drug-likeness (QED) is 0.287. The normalized spacial score (nSPS) is 15.7. The Morgan fingerprint density at radius 1 is 1.16 bits per heavy atom. The molecule has 3 amide bonds. The Kier molecular flexibility index (Phi) is 12.8. The van der Waals surface area contributed by atoms with Gasteiger partial charge in [-0.3, -0.25) is 24.4 Å². The fourth-order valence-electron chi connectivity index (χ4n) is 4.33. The van der Waals surface area contributed by atoms with Gasteiger partial charge in [-0.15, -0.1) is 0 Å². The first-order chi connectivity index (χ1) is 18.0. The first kappa shape index (κ1) is 31.3. The molecule has 0 bridgehead atoms. The molecule has 0 aromatic heterocycles. The van der Waals surface area contributed by atoms with Crippen molar-refractivity contribution in [3.63, 3.8) is 0 Å². The topological polar surface area (TPSA) is 151 Å². The van der Waals surface area contributed by atoms with Crippen molar-refractivity contribution in [3.05, 3.63) is 35.9 Å². The highest BCUT2D eigenvalue weighted by atomic mass is 32.2. The number of benzene rings is 1. The van der Waals surface area contributed by atoms with E-state index in [0.29, 0.717) is 36.2 Å². The summed E-state index contributed by atoms with van der Waals surface area (Å²) in [6, 6.07) is 7.48. The predicted molar refractivity (Wildman–Crippen MR) is 141 cm³/mol. The van der Waals surface area contributed by atoms with Crippen LogP contribution in [0.25, 0.3) is 0 Å². The highest BCUT2D eigenvalue weighted by molar-refractivity contribution is 7.81. The minimum Gasteiger partial charge on any atom is -0.480 e. The first-order valence-corrected chi connectivity index (χ1v) is 14.0. The molecule has 12 nitrogen and oxygen atoms in total. The zero-order valence-corrected chi connectivity index (χ0v) is 23.1. The molecule has 1 fully saturated rings. The molecule has 212 valence electrons. The third kappa shape index (κ3) is 10.1. The van der Waals surface area contributed by atoms with Crippen molar-refractivity contribution < 1.29 is 33.7 Å². The first-order valence-electron chi connectivity index (χ1n) is 12.7. The number of rotatable bonds is 14. The van der Waals surface area contributed by atoms with Crippen LogP contribution in [-0.4, -0.2) is 103 Å². The summed E-state index contributed by atoms with van der Waals surface area (Å²) in [5.74, 6) is -2.11. The number of carbonyl (C=O) groups is 4. The zero-order valence-electron chi connectivity index (χ0n) is 22.2. The van der Waals surface area contributed by atoms with Gasteiger partial charge >= 0.3 is 5.97 Å². The molecule has 2 unspecified atom stereocenters. The van der Waals surface area contributed by atoms with Crippen molar-refractivity contribution in [1.29, 1.82) is 0 Å². The molecule has 1 aromatic carbocycles. The number of aliphatic carboxylic acids is 1. The highest BCUT2D eigenvalue weighted by Gasteiger charge is 2.32. The maximum Gasteiger partial charge on any atom is 0.323 e. The third-order valence-corrected chi connectivity index (χ3v) is 7.49. The van der Waals surface area contributed by atoms with Gasteiger partial charge in [0.2, 0.25) is 17.7 Å². The molecule has 0 radical (unpaired) electrons. The molecule has 0 spiro atoms. The Hall–Kier alpha value is -2.87. The number of carboxylic acid groups (broad SMARTS) is 1. The molecular formula is C25H39N5O7S. The Balaban J connectivity index is 2.10. The van der Waals surface area contributed by atoms with Crippen molar-refractivity contribution >= 4 is 34.7 Å². The molecule has 1 heterocycles. The van der Waals surface area contributed by atoms with E-state index in [4.69, 9.17) is 0 Å². The summed E-state index contributed by atoms with van der Waals surface area (Å²) in [7, 11) is -0.368. The number of hydrazine groups is 1. The molecule has 1 aromatic rings. The van der Waals surface area contributed by atoms with E-state index < -0.39 is 35.4 Å². The summed E-state index contributed by atoms with van der Waals surface area (Å²) >= 11 is 0. The van der Waals surface area contributed by atoms with E-state index in [0.717, 1.165) is 17.7 Å². The Morgan fingerprint density at radius 2 is 1.79 bits per heavy atom. The van der Waals surface area contributed by atoms with E-state index >= 15 is 0 Å². The van der Waals surface area contributed by atoms with E-state index in [1.54, 1.807) is 49.2 Å². The number of likely N-dealkylation sites (tertiary alicyclic amines) is 1. The van der Waals surface area contributed by atoms with Crippen LogP contribution >= 0.6 is 0 Å². The zero-order chi connectivity index (χ0) is 28.2. The van der Waals surface area contributed by atoms with Gasteiger partial charge in [-0.25, -0.2) is 9.63 Å². The number of nitrogens with one attached hydrogen (secondary N) is 1. The standard InChI is InChI=1S/C25H39N5O7S/c1-4-12-29(17-24(33)34)25(35)22(26-30(36)38(37)18-21-8-6-5-7-9-21)15-23(32)27(3)16-20-10-13-28(14-11-20)19(2)31/h5-9,20,22,26,36H,4,10-18H2,1-3H3,(H,33,34). The van der Waals surface area contributed by atoms with Gasteiger partial charge in [-0.1, -0.05) is 37.3 Å². The van der Waals surface area contributed by atoms with Gasteiger partial charge < -0.3 is 19.8 Å². The Bertz CT molecular complexity index is 972. The maximum absolute atomic E-state index is 13.3. The van der Waals surface area contributed by atoms with Crippen molar-refractivity contribution in [1.82, 2.24) is 24.7 Å². The number of hydrogen-bond donors (Lipinski definition) is 3. The maximum atomic E-state index is 13.3. The van der Waals surface area contributed by atoms with Gasteiger partial charge in [0.1, 0.15) is 23.6 Å². The molecular weight excluding hydrogens is 514 g/mol. The molecule has 1 aliphatic heterocycles. The fourth-order valence-corrected chi connectivity index (χ4v) is 5.17. The summed E-state index contributed by atoms with van der Waals surface area (Å²) in [5.41, 5.74) is 3.16. The average molecular weight is 554 g/mol. The Morgan fingerprint density at radius 3 is 2.34 bits per heavy atom. The highest BCUT2D eigenvalue weighted by Crippen LogP contribution is 2.19. The van der Waals surface area contributed by atoms with E-state index in [1.165, 1.54) is 11.8 Å². The number of hydrogen-bond acceptors (Lipinski definition) is 7. The third-order valence-electron chi connectivity index (χ3n) is 6.42. The second-order valence-electron chi connectivity index (χ2n) is 9.49. The minimum absolute atomic E-state index is 0.0245. The smallest absolute Gasteiger partial charge is 0.323 e. The lowest BCUT2D eigenvalue weighted by Gasteiger charge is -2.34. The molecule has 0 saturated carbocycles. The summed E-state index contributed by atoms with van der Waals surface area (Å²) < 4.78 is 13.0. The van der Waals surface area contributed by atoms with Crippen LogP contribution in [0.3, 0.4) is 0 Å². The van der Waals surface area contributed by atoms with Gasteiger partial charge in [-0.05, 0) is 35.3 Å². The molecule has 1 aliphatic rings. The monoisotopic (exact) mass is 553 g/mol. The van der Waals surface area contributed by atoms with Crippen LogP contribution in [-0.2, 0) is 35.9 Å². The summed E-state index contributed by atoms with van der Waals surface area (Å²) in [5, 5.41) is 19.7. The van der Waals surface area contributed by atoms with Gasteiger partial charge in [0, 0.05) is 40.2 Å². The van der Waals surface area contributed by atoms with E-state index in [9.17, 15) is 33.7 Å². The molecule has 2 rings (SSSR count). The van der Waals surface area contributed by atoms with Crippen molar-refractivity contribution in [2.75, 3.05) is 39.8 Å². The van der Waals surface area contributed by atoms with Crippen LogP contribution in [0.5, 0.6) is 0 Å². The van der Waals surface area contributed by atoms with Crippen LogP contribution in [0.15, 0.2) is 30.3 Å². The van der Waals surface area contributed by atoms with E-state index in [1.807, 2.05) is 0 Å². The molecule has 0 aliphatic carbocycles. The van der Waals surface area contributed by atoms with Crippen LogP contribution in [0, 0.1) is 5.92 Å². The van der Waals surface area contributed by atoms with Gasteiger partial charge in [0.25, 0.3) is 0 Å². The second kappa shape index (κ2) is 15.5. The molecule has 2 atom stereocenters. The van der Waals surface area contributed by atoms with Crippen molar-refractivity contribution in [2.24, 2.45) is 5.92 Å². The SMILES string of the molecule is CCCN(CC(=O)O)C(=O)C(CC(=O)N(C)CC1CCN(C(C)=O)CC1)NN(O)S(=O)Cc1ccccc1. The second-order valence-corrected chi connectivity index (χ2v) is 10.8. The van der Waals surface area contributed by atoms with Crippen molar-refractivity contribution in [2.45, 2.75) is 51.3 Å². The molecule has 1 saturated heterocycles. The summed E-state index contributed by atoms with van der Waals surface area (Å²) in [6.45, 7) is 4.57. The van der Waals surface area contributed by atoms with E-state index in [-0.39, 0.29) is 36.5 Å². The van der Waals surface area contributed by atoms with Crippen LogP contribution < -0.4 is 5.43 Å². The number of amides is 3. The van der Waals surface area contributed by atoms with Crippen LogP contribution in [0.1, 0.15) is 45.1 Å². The largest absolute Gasteiger partial charge is 0.480 e.